The van der Waals surface area contributed by atoms with Crippen LogP contribution in [0.1, 0.15) is 11.3 Å². The van der Waals surface area contributed by atoms with Crippen molar-refractivity contribution in [2.24, 2.45) is 0 Å². The third-order valence-corrected chi connectivity index (χ3v) is 2.36. The van der Waals surface area contributed by atoms with Crippen LogP contribution in [-0.2, 0) is 6.54 Å². The fraction of sp³-hybridized carbons (Fsp3) is 0.0909. The van der Waals surface area contributed by atoms with Crippen LogP contribution in [0.25, 0.3) is 0 Å². The standard InChI is InChI=1S/C11H9N5O2/c12-4-8-2-1-3-10(11(8)16(17)18)14-6-9-5-13-7-15-9/h1-3,5,7,14H,6H2,(H,13,15). The molecular weight excluding hydrogens is 234 g/mol. The number of rotatable bonds is 4. The Balaban J connectivity index is 2.27. The molecule has 1 heterocycles. The summed E-state index contributed by atoms with van der Waals surface area (Å²) in [6, 6.07) is 6.39. The van der Waals surface area contributed by atoms with Crippen LogP contribution in [0.5, 0.6) is 0 Å². The van der Waals surface area contributed by atoms with Crippen molar-refractivity contribution in [3.8, 4) is 6.07 Å². The zero-order valence-corrected chi connectivity index (χ0v) is 9.25. The van der Waals surface area contributed by atoms with Gasteiger partial charge in [-0.05, 0) is 12.1 Å². The molecule has 0 amide bonds. The number of anilines is 1. The fourth-order valence-electron chi connectivity index (χ4n) is 1.54. The Morgan fingerprint density at radius 2 is 2.39 bits per heavy atom. The minimum absolute atomic E-state index is 0.0367. The van der Waals surface area contributed by atoms with Crippen LogP contribution in [0.2, 0.25) is 0 Å². The van der Waals surface area contributed by atoms with Gasteiger partial charge in [0.2, 0.25) is 0 Å². The highest BCUT2D eigenvalue weighted by atomic mass is 16.6. The predicted octanol–water partition coefficient (Wildman–Crippen LogP) is 1.80. The summed E-state index contributed by atoms with van der Waals surface area (Å²) in [6.07, 6.45) is 3.14. The number of aromatic amines is 1. The molecule has 2 aromatic rings. The molecule has 0 unspecified atom stereocenters. The lowest BCUT2D eigenvalue weighted by Crippen LogP contribution is -2.04. The minimum atomic E-state index is -0.562. The average molecular weight is 243 g/mol. The first kappa shape index (κ1) is 11.6. The van der Waals surface area contributed by atoms with E-state index in [0.29, 0.717) is 12.2 Å². The van der Waals surface area contributed by atoms with E-state index in [0.717, 1.165) is 5.69 Å². The number of nitro benzene ring substituents is 1. The molecule has 0 spiro atoms. The van der Waals surface area contributed by atoms with E-state index in [4.69, 9.17) is 5.26 Å². The second-order valence-electron chi connectivity index (χ2n) is 3.50. The van der Waals surface area contributed by atoms with E-state index in [1.807, 2.05) is 6.07 Å². The van der Waals surface area contributed by atoms with Gasteiger partial charge in [0.25, 0.3) is 0 Å². The highest BCUT2D eigenvalue weighted by Gasteiger charge is 2.19. The van der Waals surface area contributed by atoms with E-state index in [-0.39, 0.29) is 11.3 Å². The van der Waals surface area contributed by atoms with Crippen LogP contribution < -0.4 is 5.32 Å². The van der Waals surface area contributed by atoms with Gasteiger partial charge in [0.05, 0.1) is 23.5 Å². The molecule has 2 rings (SSSR count). The topological polar surface area (TPSA) is 108 Å². The van der Waals surface area contributed by atoms with Crippen LogP contribution in [0.4, 0.5) is 11.4 Å². The maximum Gasteiger partial charge on any atom is 0.309 e. The molecule has 0 aliphatic rings. The molecule has 2 N–H and O–H groups in total. The molecule has 0 atom stereocenters. The van der Waals surface area contributed by atoms with E-state index in [1.54, 1.807) is 18.3 Å². The quantitative estimate of drug-likeness (QED) is 0.628. The Morgan fingerprint density at radius 3 is 3.00 bits per heavy atom. The van der Waals surface area contributed by atoms with Gasteiger partial charge in [-0.2, -0.15) is 5.26 Å². The number of H-pyrrole nitrogens is 1. The molecule has 0 aliphatic heterocycles. The number of nitrogens with one attached hydrogen (secondary N) is 2. The van der Waals surface area contributed by atoms with Crippen molar-refractivity contribution in [1.82, 2.24) is 9.97 Å². The SMILES string of the molecule is N#Cc1cccc(NCc2cnc[nH]2)c1[N+](=O)[O-]. The normalized spacial score (nSPS) is 9.72. The summed E-state index contributed by atoms with van der Waals surface area (Å²) in [5.74, 6) is 0. The number of nitriles is 1. The van der Waals surface area contributed by atoms with Gasteiger partial charge in [-0.15, -0.1) is 0 Å². The highest BCUT2D eigenvalue weighted by molar-refractivity contribution is 5.68. The fourth-order valence-corrected chi connectivity index (χ4v) is 1.54. The lowest BCUT2D eigenvalue weighted by atomic mass is 10.1. The van der Waals surface area contributed by atoms with Gasteiger partial charge in [0.1, 0.15) is 17.3 Å². The van der Waals surface area contributed by atoms with Crippen LogP contribution in [-0.4, -0.2) is 14.9 Å². The molecular formula is C11H9N5O2. The van der Waals surface area contributed by atoms with Crippen molar-refractivity contribution < 1.29 is 4.92 Å². The molecule has 90 valence electrons. The van der Waals surface area contributed by atoms with Crippen LogP contribution in [0.3, 0.4) is 0 Å². The lowest BCUT2D eigenvalue weighted by molar-refractivity contribution is -0.384. The van der Waals surface area contributed by atoms with E-state index in [1.165, 1.54) is 12.4 Å². The Hall–Kier alpha value is -2.88. The van der Waals surface area contributed by atoms with Gasteiger partial charge in [-0.1, -0.05) is 6.07 Å². The monoisotopic (exact) mass is 243 g/mol. The van der Waals surface area contributed by atoms with E-state index >= 15 is 0 Å². The van der Waals surface area contributed by atoms with Gasteiger partial charge in [-0.25, -0.2) is 4.98 Å². The van der Waals surface area contributed by atoms with E-state index in [2.05, 4.69) is 15.3 Å². The van der Waals surface area contributed by atoms with Crippen molar-refractivity contribution in [1.29, 1.82) is 5.26 Å². The molecule has 18 heavy (non-hydrogen) atoms. The first-order valence-corrected chi connectivity index (χ1v) is 5.11. The van der Waals surface area contributed by atoms with Crippen molar-refractivity contribution >= 4 is 11.4 Å². The summed E-state index contributed by atoms with van der Waals surface area (Å²) in [5, 5.41) is 22.7. The third kappa shape index (κ3) is 2.27. The van der Waals surface area contributed by atoms with Gasteiger partial charge in [0.15, 0.2) is 0 Å². The first-order valence-electron chi connectivity index (χ1n) is 5.11. The molecule has 0 fully saturated rings. The zero-order chi connectivity index (χ0) is 13.0. The van der Waals surface area contributed by atoms with E-state index < -0.39 is 4.92 Å². The lowest BCUT2D eigenvalue weighted by Gasteiger charge is -2.06. The second kappa shape index (κ2) is 4.97. The maximum atomic E-state index is 11.0. The molecule has 0 saturated carbocycles. The van der Waals surface area contributed by atoms with Crippen LogP contribution in [0.15, 0.2) is 30.7 Å². The number of nitrogens with zero attached hydrogens (tertiary/aromatic N) is 3. The maximum absolute atomic E-state index is 11.0. The number of benzene rings is 1. The molecule has 0 radical (unpaired) electrons. The number of hydrogen-bond donors (Lipinski definition) is 2. The summed E-state index contributed by atoms with van der Waals surface area (Å²) in [7, 11) is 0. The predicted molar refractivity (Wildman–Crippen MR) is 63.7 cm³/mol. The number of hydrogen-bond acceptors (Lipinski definition) is 5. The summed E-state index contributed by atoms with van der Waals surface area (Å²) >= 11 is 0. The summed E-state index contributed by atoms with van der Waals surface area (Å²) in [4.78, 5) is 17.1. The van der Waals surface area contributed by atoms with Gasteiger partial charge in [0, 0.05) is 6.20 Å². The molecule has 1 aromatic carbocycles. The molecule has 0 bridgehead atoms. The van der Waals surface area contributed by atoms with Crippen LogP contribution in [0, 0.1) is 21.4 Å². The van der Waals surface area contributed by atoms with Crippen molar-refractivity contribution in [3.05, 3.63) is 52.1 Å². The smallest absolute Gasteiger partial charge is 0.309 e. The van der Waals surface area contributed by atoms with Gasteiger partial charge >= 0.3 is 5.69 Å². The molecule has 7 nitrogen and oxygen atoms in total. The number of para-hydroxylation sites is 1. The average Bonchev–Trinajstić information content (AvgIpc) is 2.88. The number of nitro groups is 1. The minimum Gasteiger partial charge on any atom is -0.374 e. The third-order valence-electron chi connectivity index (χ3n) is 2.36. The van der Waals surface area contributed by atoms with Crippen LogP contribution >= 0.6 is 0 Å². The van der Waals surface area contributed by atoms with Gasteiger partial charge < -0.3 is 10.3 Å². The van der Waals surface area contributed by atoms with Crippen molar-refractivity contribution in [3.63, 3.8) is 0 Å². The summed E-state index contributed by atoms with van der Waals surface area (Å²) in [5.41, 5.74) is 0.939. The summed E-state index contributed by atoms with van der Waals surface area (Å²) in [6.45, 7) is 0.371. The Labute approximate surface area is 102 Å². The Kier molecular flexibility index (Phi) is 3.20. The number of aromatic nitrogens is 2. The van der Waals surface area contributed by atoms with Crippen molar-refractivity contribution in [2.45, 2.75) is 6.54 Å². The second-order valence-corrected chi connectivity index (χ2v) is 3.50. The van der Waals surface area contributed by atoms with Gasteiger partial charge in [-0.3, -0.25) is 10.1 Å². The largest absolute Gasteiger partial charge is 0.374 e. The molecule has 7 heteroatoms. The molecule has 0 aliphatic carbocycles. The highest BCUT2D eigenvalue weighted by Crippen LogP contribution is 2.28. The Bertz CT molecular complexity index is 600. The zero-order valence-electron chi connectivity index (χ0n) is 9.25. The molecule has 0 saturated heterocycles. The van der Waals surface area contributed by atoms with Crippen molar-refractivity contribution in [2.75, 3.05) is 5.32 Å². The Morgan fingerprint density at radius 1 is 1.56 bits per heavy atom. The first-order chi connectivity index (χ1) is 8.72. The molecule has 1 aromatic heterocycles. The number of imidazole rings is 1. The van der Waals surface area contributed by atoms with E-state index in [9.17, 15) is 10.1 Å². The summed E-state index contributed by atoms with van der Waals surface area (Å²) < 4.78 is 0.